The number of carbonyl (C=O) groups is 3. The molecule has 1 unspecified atom stereocenters. The molecule has 0 saturated carbocycles. The molecule has 0 fully saturated rings. The largest absolute Gasteiger partial charge is 0.481 e. The van der Waals surface area contributed by atoms with Crippen LogP contribution in [0.1, 0.15) is 40.1 Å². The van der Waals surface area contributed by atoms with Gasteiger partial charge in [-0.1, -0.05) is 0 Å². The van der Waals surface area contributed by atoms with Crippen LogP contribution in [0.25, 0.3) is 0 Å². The van der Waals surface area contributed by atoms with Gasteiger partial charge in [0, 0.05) is 13.0 Å². The molecule has 1 aliphatic heterocycles. The highest BCUT2D eigenvalue weighted by Crippen LogP contribution is 2.25. The van der Waals surface area contributed by atoms with Crippen molar-refractivity contribution >= 4 is 40.9 Å². The van der Waals surface area contributed by atoms with Crippen LogP contribution in [-0.2, 0) is 22.4 Å². The highest BCUT2D eigenvalue weighted by Gasteiger charge is 2.25. The summed E-state index contributed by atoms with van der Waals surface area (Å²) in [5.74, 6) is -2.24. The summed E-state index contributed by atoms with van der Waals surface area (Å²) in [5, 5.41) is 25.3. The molecule has 0 aromatic carbocycles. The van der Waals surface area contributed by atoms with Gasteiger partial charge in [0.05, 0.1) is 10.4 Å². The van der Waals surface area contributed by atoms with Crippen LogP contribution in [0.3, 0.4) is 0 Å². The molecule has 2 aromatic heterocycles. The Bertz CT molecular complexity index is 1050. The van der Waals surface area contributed by atoms with Gasteiger partial charge in [-0.3, -0.25) is 19.4 Å². The van der Waals surface area contributed by atoms with Crippen LogP contribution in [0.15, 0.2) is 16.2 Å². The van der Waals surface area contributed by atoms with Crippen molar-refractivity contribution < 1.29 is 24.6 Å². The van der Waals surface area contributed by atoms with Crippen LogP contribution in [0, 0.1) is 5.92 Å². The molecule has 0 radical (unpaired) electrons. The summed E-state index contributed by atoms with van der Waals surface area (Å²) in [6.07, 6.45) is 1.25. The third-order valence-corrected chi connectivity index (χ3v) is 6.07. The fourth-order valence-corrected chi connectivity index (χ4v) is 4.35. The number of rotatable bonds is 9. The molecule has 12 heteroatoms. The van der Waals surface area contributed by atoms with Crippen molar-refractivity contribution in [3.05, 3.63) is 37.8 Å². The first-order valence-corrected chi connectivity index (χ1v) is 10.6. The number of carboxylic acids is 2. The maximum absolute atomic E-state index is 12.6. The van der Waals surface area contributed by atoms with Crippen molar-refractivity contribution in [2.75, 3.05) is 17.6 Å². The van der Waals surface area contributed by atoms with Gasteiger partial charge in [0.1, 0.15) is 11.9 Å². The van der Waals surface area contributed by atoms with Gasteiger partial charge < -0.3 is 26.6 Å². The molecule has 3 rings (SSSR count). The number of nitrogens with one attached hydrogen (secondary N) is 3. The van der Waals surface area contributed by atoms with Gasteiger partial charge in [0.2, 0.25) is 5.95 Å². The lowest BCUT2D eigenvalue weighted by atomic mass is 9.91. The third kappa shape index (κ3) is 5.60. The number of hydrogen-bond acceptors (Lipinski definition) is 8. The summed E-state index contributed by atoms with van der Waals surface area (Å²) < 4.78 is 0. The Morgan fingerprint density at radius 3 is 2.84 bits per heavy atom. The van der Waals surface area contributed by atoms with E-state index < -0.39 is 23.9 Å². The highest BCUT2D eigenvalue weighted by molar-refractivity contribution is 7.12. The van der Waals surface area contributed by atoms with E-state index in [1.807, 2.05) is 6.07 Å². The maximum atomic E-state index is 12.6. The Labute approximate surface area is 180 Å². The first-order chi connectivity index (χ1) is 14.7. The minimum absolute atomic E-state index is 0.0617. The number of nitrogen functional groups attached to an aromatic ring is 1. The number of aromatic nitrogens is 2. The Morgan fingerprint density at radius 1 is 1.35 bits per heavy atom. The van der Waals surface area contributed by atoms with Crippen LogP contribution in [0.5, 0.6) is 0 Å². The molecular formula is C19H23N5O6S. The lowest BCUT2D eigenvalue weighted by Gasteiger charge is -2.24. The molecule has 1 aliphatic rings. The topological polar surface area (TPSA) is 187 Å². The van der Waals surface area contributed by atoms with Crippen LogP contribution >= 0.6 is 11.3 Å². The Balaban J connectivity index is 1.61. The van der Waals surface area contributed by atoms with Crippen LogP contribution in [0.2, 0.25) is 0 Å². The summed E-state index contributed by atoms with van der Waals surface area (Å²) in [6, 6.07) is 0.538. The lowest BCUT2D eigenvalue weighted by Crippen LogP contribution is -2.41. The molecule has 0 bridgehead atoms. The predicted octanol–water partition coefficient (Wildman–Crippen LogP) is 0.678. The minimum Gasteiger partial charge on any atom is -0.481 e. The van der Waals surface area contributed by atoms with E-state index >= 15 is 0 Å². The van der Waals surface area contributed by atoms with Gasteiger partial charge in [0.25, 0.3) is 11.5 Å². The minimum atomic E-state index is -1.28. The second kappa shape index (κ2) is 9.60. The normalized spacial score (nSPS) is 16.1. The predicted molar refractivity (Wildman–Crippen MR) is 113 cm³/mol. The molecule has 0 spiro atoms. The smallest absolute Gasteiger partial charge is 0.326 e. The van der Waals surface area contributed by atoms with Crippen LogP contribution < -0.4 is 21.9 Å². The van der Waals surface area contributed by atoms with E-state index in [-0.39, 0.29) is 30.3 Å². The van der Waals surface area contributed by atoms with E-state index in [9.17, 15) is 24.3 Å². The first-order valence-electron chi connectivity index (χ1n) is 9.69. The number of hydrogen-bond donors (Lipinski definition) is 6. The SMILES string of the molecule is Nc1nc2c(c(=O)[nH]1)CC(CCc1ccsc1C(=O)N[C@@H](CCC(=O)O)C(=O)O)CN2. The summed E-state index contributed by atoms with van der Waals surface area (Å²) in [5.41, 5.74) is 6.63. The lowest BCUT2D eigenvalue weighted by molar-refractivity contribution is -0.140. The van der Waals surface area contributed by atoms with E-state index in [1.165, 1.54) is 11.3 Å². The van der Waals surface area contributed by atoms with Crippen LogP contribution in [-0.4, -0.2) is 50.6 Å². The van der Waals surface area contributed by atoms with E-state index in [1.54, 1.807) is 5.38 Å². The zero-order valence-electron chi connectivity index (χ0n) is 16.5. The number of carbonyl (C=O) groups excluding carboxylic acids is 1. The molecule has 0 aliphatic carbocycles. The zero-order valence-corrected chi connectivity index (χ0v) is 17.3. The third-order valence-electron chi connectivity index (χ3n) is 5.11. The van der Waals surface area contributed by atoms with E-state index in [4.69, 9.17) is 10.8 Å². The number of amides is 1. The van der Waals surface area contributed by atoms with Crippen molar-refractivity contribution in [1.82, 2.24) is 15.3 Å². The summed E-state index contributed by atoms with van der Waals surface area (Å²) in [6.45, 7) is 0.616. The Morgan fingerprint density at radius 2 is 2.13 bits per heavy atom. The first kappa shape index (κ1) is 22.3. The fraction of sp³-hybridized carbons (Fsp3) is 0.421. The monoisotopic (exact) mass is 449 g/mol. The average molecular weight is 449 g/mol. The van der Waals surface area contributed by atoms with Gasteiger partial charge in [-0.15, -0.1) is 11.3 Å². The number of carboxylic acid groups (broad SMARTS) is 2. The summed E-state index contributed by atoms with van der Waals surface area (Å²) in [4.78, 5) is 53.7. The maximum Gasteiger partial charge on any atom is 0.326 e. The molecule has 11 nitrogen and oxygen atoms in total. The molecule has 3 heterocycles. The second-order valence-corrected chi connectivity index (χ2v) is 8.26. The molecule has 2 aromatic rings. The number of aromatic amines is 1. The number of aryl methyl sites for hydroxylation is 1. The molecule has 0 saturated heterocycles. The summed E-state index contributed by atoms with van der Waals surface area (Å²) in [7, 11) is 0. The van der Waals surface area contributed by atoms with Gasteiger partial charge in [0.15, 0.2) is 0 Å². The van der Waals surface area contributed by atoms with E-state index in [0.29, 0.717) is 42.1 Å². The summed E-state index contributed by atoms with van der Waals surface area (Å²) >= 11 is 1.20. The molecular weight excluding hydrogens is 426 g/mol. The van der Waals surface area contributed by atoms with Crippen LogP contribution in [0.4, 0.5) is 11.8 Å². The molecule has 166 valence electrons. The number of nitrogens with zero attached hydrogens (tertiary/aromatic N) is 1. The van der Waals surface area contributed by atoms with Gasteiger partial charge >= 0.3 is 11.9 Å². The number of aliphatic carboxylic acids is 2. The van der Waals surface area contributed by atoms with E-state index in [0.717, 1.165) is 5.56 Å². The molecule has 2 atom stereocenters. The van der Waals surface area contributed by atoms with Gasteiger partial charge in [-0.25, -0.2) is 4.79 Å². The molecule has 1 amide bonds. The van der Waals surface area contributed by atoms with Crippen molar-refractivity contribution in [3.8, 4) is 0 Å². The average Bonchev–Trinajstić information content (AvgIpc) is 3.18. The highest BCUT2D eigenvalue weighted by atomic mass is 32.1. The number of thiophene rings is 1. The van der Waals surface area contributed by atoms with Crippen molar-refractivity contribution in [2.45, 2.75) is 38.1 Å². The van der Waals surface area contributed by atoms with Crippen molar-refractivity contribution in [2.24, 2.45) is 5.92 Å². The molecule has 7 N–H and O–H groups in total. The quantitative estimate of drug-likeness (QED) is 0.320. The Kier molecular flexibility index (Phi) is 6.90. The number of anilines is 2. The second-order valence-electron chi connectivity index (χ2n) is 7.34. The molecule has 31 heavy (non-hydrogen) atoms. The van der Waals surface area contributed by atoms with Crippen molar-refractivity contribution in [3.63, 3.8) is 0 Å². The van der Waals surface area contributed by atoms with Gasteiger partial charge in [-0.2, -0.15) is 4.98 Å². The Hall–Kier alpha value is -3.41. The number of fused-ring (bicyclic) bond motifs is 1. The number of nitrogens with two attached hydrogens (primary N) is 1. The fourth-order valence-electron chi connectivity index (χ4n) is 3.50. The standard InChI is InChI=1S/C19H23N5O6S/c20-19-23-15-11(16(27)24-19)7-9(8-21-15)1-2-10-5-6-31-14(10)17(28)22-12(18(29)30)3-4-13(25)26/h5-6,9,12H,1-4,7-8H2,(H,22,28)(H,25,26)(H,29,30)(H4,20,21,23,24,27)/t9?,12-/m0/s1. The number of H-pyrrole nitrogens is 1. The van der Waals surface area contributed by atoms with Crippen molar-refractivity contribution in [1.29, 1.82) is 0 Å². The zero-order chi connectivity index (χ0) is 22.5. The van der Waals surface area contributed by atoms with E-state index in [2.05, 4.69) is 20.6 Å². The van der Waals surface area contributed by atoms with Gasteiger partial charge in [-0.05, 0) is 48.6 Å².